The number of benzene rings is 1. The minimum atomic E-state index is -2.85. The molecule has 0 aliphatic heterocycles. The molecule has 108 valence electrons. The molecular weight excluding hydrogens is 268 g/mol. The summed E-state index contributed by atoms with van der Waals surface area (Å²) in [6.07, 6.45) is 2.82. The van der Waals surface area contributed by atoms with Crippen molar-refractivity contribution in [3.05, 3.63) is 18.2 Å². The molecule has 1 aliphatic rings. The lowest BCUT2D eigenvalue weighted by atomic mass is 10.2. The summed E-state index contributed by atoms with van der Waals surface area (Å²) in [4.78, 5) is 4.26. The molecule has 0 amide bonds. The van der Waals surface area contributed by atoms with Gasteiger partial charge in [0.05, 0.1) is 0 Å². The Bertz CT molecular complexity index is 602. The number of alkyl halides is 2. The van der Waals surface area contributed by atoms with Crippen LogP contribution in [0, 0.1) is 0 Å². The summed E-state index contributed by atoms with van der Waals surface area (Å²) in [5.74, 6) is 0.0538. The summed E-state index contributed by atoms with van der Waals surface area (Å²) in [5.41, 5.74) is 6.85. The molecule has 0 unspecified atom stereocenters. The Labute approximate surface area is 114 Å². The summed E-state index contributed by atoms with van der Waals surface area (Å²) in [5, 5.41) is 3.17. The van der Waals surface area contributed by atoms with E-state index in [0.29, 0.717) is 17.1 Å². The van der Waals surface area contributed by atoms with Crippen molar-refractivity contribution in [2.45, 2.75) is 38.0 Å². The zero-order valence-electron chi connectivity index (χ0n) is 10.7. The lowest BCUT2D eigenvalue weighted by Gasteiger charge is -2.09. The van der Waals surface area contributed by atoms with E-state index in [1.54, 1.807) is 6.07 Å². The molecule has 0 radical (unpaired) electrons. The Kier molecular flexibility index (Phi) is 3.43. The number of nitrogens with zero attached hydrogens (tertiary/aromatic N) is 1. The average molecular weight is 283 g/mol. The largest absolute Gasteiger partial charge is 0.435 e. The van der Waals surface area contributed by atoms with Gasteiger partial charge in [0.25, 0.3) is 6.01 Å². The van der Waals surface area contributed by atoms with E-state index in [1.165, 1.54) is 12.1 Å². The Morgan fingerprint density at radius 1 is 1.40 bits per heavy atom. The number of ether oxygens (including phenoxy) is 1. The van der Waals surface area contributed by atoms with Gasteiger partial charge in [-0.15, -0.1) is 0 Å². The maximum atomic E-state index is 12.1. The number of rotatable bonds is 4. The molecule has 0 saturated heterocycles. The summed E-state index contributed by atoms with van der Waals surface area (Å²) in [7, 11) is 0. The van der Waals surface area contributed by atoms with Crippen molar-refractivity contribution in [2.24, 2.45) is 5.73 Å². The van der Waals surface area contributed by atoms with Gasteiger partial charge in [0.1, 0.15) is 11.3 Å². The van der Waals surface area contributed by atoms with Gasteiger partial charge in [-0.2, -0.15) is 13.8 Å². The fourth-order valence-electron chi connectivity index (χ4n) is 2.46. The Balaban J connectivity index is 1.76. The van der Waals surface area contributed by atoms with Crippen molar-refractivity contribution in [1.82, 2.24) is 4.98 Å². The van der Waals surface area contributed by atoms with Gasteiger partial charge in [0.15, 0.2) is 5.58 Å². The number of aromatic nitrogens is 1. The molecule has 7 heteroatoms. The number of nitrogens with one attached hydrogen (secondary N) is 1. The second kappa shape index (κ2) is 5.24. The predicted octanol–water partition coefficient (Wildman–Crippen LogP) is 2.72. The molecule has 2 atom stereocenters. The Morgan fingerprint density at radius 2 is 2.25 bits per heavy atom. The van der Waals surface area contributed by atoms with Crippen molar-refractivity contribution in [3.63, 3.8) is 0 Å². The lowest BCUT2D eigenvalue weighted by Crippen LogP contribution is -2.20. The Morgan fingerprint density at radius 3 is 2.95 bits per heavy atom. The summed E-state index contributed by atoms with van der Waals surface area (Å²) >= 11 is 0. The molecule has 1 aliphatic carbocycles. The van der Waals surface area contributed by atoms with Gasteiger partial charge < -0.3 is 20.2 Å². The van der Waals surface area contributed by atoms with Crippen LogP contribution in [0.5, 0.6) is 5.75 Å². The van der Waals surface area contributed by atoms with Crippen LogP contribution in [0.3, 0.4) is 0 Å². The average Bonchev–Trinajstić information content (AvgIpc) is 2.94. The molecule has 1 heterocycles. The molecule has 2 aromatic rings. The quantitative estimate of drug-likeness (QED) is 0.902. The van der Waals surface area contributed by atoms with Crippen molar-refractivity contribution in [1.29, 1.82) is 0 Å². The zero-order chi connectivity index (χ0) is 14.1. The number of anilines is 1. The molecular formula is C13H15F2N3O2. The van der Waals surface area contributed by atoms with Crippen LogP contribution < -0.4 is 15.8 Å². The monoisotopic (exact) mass is 283 g/mol. The number of oxazole rings is 1. The van der Waals surface area contributed by atoms with E-state index < -0.39 is 6.61 Å². The smallest absolute Gasteiger partial charge is 0.387 e. The van der Waals surface area contributed by atoms with Crippen molar-refractivity contribution in [3.8, 4) is 5.75 Å². The van der Waals surface area contributed by atoms with E-state index in [1.807, 2.05) is 0 Å². The SMILES string of the molecule is N[C@H]1CC[C@H](Nc2nc3ccc(OC(F)F)cc3o2)C1. The van der Waals surface area contributed by atoms with E-state index in [0.717, 1.165) is 19.3 Å². The van der Waals surface area contributed by atoms with Gasteiger partial charge in [-0.25, -0.2) is 0 Å². The normalized spacial score (nSPS) is 22.6. The predicted molar refractivity (Wildman–Crippen MR) is 69.9 cm³/mol. The first-order chi connectivity index (χ1) is 9.60. The molecule has 3 rings (SSSR count). The van der Waals surface area contributed by atoms with Crippen molar-refractivity contribution < 1.29 is 17.9 Å². The minimum Gasteiger partial charge on any atom is -0.435 e. The standard InChI is InChI=1S/C13H15F2N3O2/c14-12(15)19-9-3-4-10-11(6-9)20-13(18-10)17-8-2-1-7(16)5-8/h3-4,6-8,12H,1-2,5,16H2,(H,17,18)/t7-,8-/m0/s1. The van der Waals surface area contributed by atoms with Crippen molar-refractivity contribution >= 4 is 17.1 Å². The van der Waals surface area contributed by atoms with Crippen LogP contribution in [0.15, 0.2) is 22.6 Å². The van der Waals surface area contributed by atoms with Gasteiger partial charge in [-0.05, 0) is 31.4 Å². The maximum absolute atomic E-state index is 12.1. The highest BCUT2D eigenvalue weighted by Crippen LogP contribution is 2.27. The number of hydrogen-bond acceptors (Lipinski definition) is 5. The maximum Gasteiger partial charge on any atom is 0.387 e. The summed E-state index contributed by atoms with van der Waals surface area (Å²) in [6, 6.07) is 5.26. The highest BCUT2D eigenvalue weighted by atomic mass is 19.3. The molecule has 1 aromatic heterocycles. The van der Waals surface area contributed by atoms with E-state index >= 15 is 0 Å². The molecule has 1 saturated carbocycles. The minimum absolute atomic E-state index is 0.0538. The number of fused-ring (bicyclic) bond motifs is 1. The van der Waals surface area contributed by atoms with E-state index in [4.69, 9.17) is 10.2 Å². The molecule has 3 N–H and O–H groups in total. The van der Waals surface area contributed by atoms with Crippen LogP contribution in [0.25, 0.3) is 11.1 Å². The highest BCUT2D eigenvalue weighted by Gasteiger charge is 2.23. The number of hydrogen-bond donors (Lipinski definition) is 2. The number of halogens is 2. The first kappa shape index (κ1) is 13.1. The Hall–Kier alpha value is -1.89. The van der Waals surface area contributed by atoms with Gasteiger partial charge in [-0.1, -0.05) is 0 Å². The van der Waals surface area contributed by atoms with Crippen LogP contribution in [-0.4, -0.2) is 23.7 Å². The van der Waals surface area contributed by atoms with Gasteiger partial charge in [0, 0.05) is 18.2 Å². The lowest BCUT2D eigenvalue weighted by molar-refractivity contribution is -0.0497. The third kappa shape index (κ3) is 2.82. The third-order valence-corrected chi connectivity index (χ3v) is 3.39. The van der Waals surface area contributed by atoms with Crippen molar-refractivity contribution in [2.75, 3.05) is 5.32 Å². The summed E-state index contributed by atoms with van der Waals surface area (Å²) in [6.45, 7) is -2.85. The van der Waals surface area contributed by atoms with E-state index in [-0.39, 0.29) is 17.8 Å². The zero-order valence-corrected chi connectivity index (χ0v) is 10.7. The topological polar surface area (TPSA) is 73.3 Å². The van der Waals surface area contributed by atoms with E-state index in [9.17, 15) is 8.78 Å². The molecule has 0 spiro atoms. The molecule has 20 heavy (non-hydrogen) atoms. The van der Waals surface area contributed by atoms with Crippen LogP contribution in [-0.2, 0) is 0 Å². The van der Waals surface area contributed by atoms with Gasteiger partial charge in [-0.3, -0.25) is 0 Å². The molecule has 5 nitrogen and oxygen atoms in total. The number of nitrogens with two attached hydrogens (primary N) is 1. The highest BCUT2D eigenvalue weighted by molar-refractivity contribution is 5.76. The first-order valence-electron chi connectivity index (χ1n) is 6.47. The molecule has 1 aromatic carbocycles. The van der Waals surface area contributed by atoms with Crippen LogP contribution in [0.2, 0.25) is 0 Å². The second-order valence-corrected chi connectivity index (χ2v) is 4.94. The van der Waals surface area contributed by atoms with Crippen LogP contribution in [0.4, 0.5) is 14.8 Å². The van der Waals surface area contributed by atoms with E-state index in [2.05, 4.69) is 15.0 Å². The third-order valence-electron chi connectivity index (χ3n) is 3.39. The fraction of sp³-hybridized carbons (Fsp3) is 0.462. The molecule has 0 bridgehead atoms. The fourth-order valence-corrected chi connectivity index (χ4v) is 2.46. The van der Waals surface area contributed by atoms with Crippen LogP contribution >= 0.6 is 0 Å². The first-order valence-corrected chi connectivity index (χ1v) is 6.47. The van der Waals surface area contributed by atoms with Gasteiger partial charge in [0.2, 0.25) is 0 Å². The summed E-state index contributed by atoms with van der Waals surface area (Å²) < 4.78 is 34.1. The van der Waals surface area contributed by atoms with Crippen LogP contribution in [0.1, 0.15) is 19.3 Å². The molecule has 1 fully saturated rings. The van der Waals surface area contributed by atoms with Gasteiger partial charge >= 0.3 is 6.61 Å². The second-order valence-electron chi connectivity index (χ2n) is 4.94.